The number of rotatable bonds is 7. The third kappa shape index (κ3) is 5.80. The van der Waals surface area contributed by atoms with Gasteiger partial charge in [-0.1, -0.05) is 20.8 Å². The summed E-state index contributed by atoms with van der Waals surface area (Å²) in [6.45, 7) is 14.0. The van der Waals surface area contributed by atoms with E-state index in [-0.39, 0.29) is 34.7 Å². The second-order valence-corrected chi connectivity index (χ2v) is 9.91. The van der Waals surface area contributed by atoms with Crippen molar-refractivity contribution in [1.29, 1.82) is 0 Å². The molecule has 1 fully saturated rings. The molecule has 0 saturated carbocycles. The summed E-state index contributed by atoms with van der Waals surface area (Å²) in [5.41, 5.74) is 0.641. The molecule has 0 bridgehead atoms. The molecule has 0 aliphatic carbocycles. The van der Waals surface area contributed by atoms with Crippen LogP contribution in [0.3, 0.4) is 0 Å². The molecule has 1 aromatic rings. The lowest BCUT2D eigenvalue weighted by molar-refractivity contribution is -0.133. The lowest BCUT2D eigenvalue weighted by atomic mass is 9.91. The quantitative estimate of drug-likeness (QED) is 0.774. The number of likely N-dealkylation sites (tertiary alicyclic amines) is 1. The van der Waals surface area contributed by atoms with E-state index in [9.17, 15) is 9.59 Å². The predicted molar refractivity (Wildman–Crippen MR) is 109 cm³/mol. The molecule has 1 saturated heterocycles. The third-order valence-electron chi connectivity index (χ3n) is 4.92. The minimum atomic E-state index is -0.305. The number of methoxy groups -OCH3 is 1. The lowest BCUT2D eigenvalue weighted by Crippen LogP contribution is -2.44. The first-order valence-corrected chi connectivity index (χ1v) is 10.0. The van der Waals surface area contributed by atoms with Crippen molar-refractivity contribution < 1.29 is 14.3 Å². The molecule has 28 heavy (non-hydrogen) atoms. The van der Waals surface area contributed by atoms with Gasteiger partial charge in [-0.2, -0.15) is 5.10 Å². The van der Waals surface area contributed by atoms with Crippen LogP contribution in [0.5, 0.6) is 0 Å². The minimum absolute atomic E-state index is 0.0238. The molecule has 7 nitrogen and oxygen atoms in total. The standard InChI is InChI=1S/C21H36N4O3/c1-20(2,3)11-17(26)22-12-15-10-18(27)25(21(4,5)6)19(15)16-13-23-24(14-16)8-9-28-7/h13-15,19H,8-12H2,1-7H3,(H,22,26)/t15-,19+/m0/s1. The summed E-state index contributed by atoms with van der Waals surface area (Å²) in [4.78, 5) is 27.1. The Bertz CT molecular complexity index is 685. The van der Waals surface area contributed by atoms with Gasteiger partial charge in [0.2, 0.25) is 11.8 Å². The zero-order chi connectivity index (χ0) is 21.1. The summed E-state index contributed by atoms with van der Waals surface area (Å²) in [7, 11) is 1.66. The van der Waals surface area contributed by atoms with Crippen molar-refractivity contribution in [3.8, 4) is 0 Å². The highest BCUT2D eigenvalue weighted by molar-refractivity contribution is 5.81. The van der Waals surface area contributed by atoms with Crippen molar-refractivity contribution in [2.24, 2.45) is 11.3 Å². The molecule has 0 unspecified atom stereocenters. The first-order valence-electron chi connectivity index (χ1n) is 10.0. The second kappa shape index (κ2) is 8.64. The summed E-state index contributed by atoms with van der Waals surface area (Å²) in [6.07, 6.45) is 4.73. The van der Waals surface area contributed by atoms with Gasteiger partial charge in [-0.15, -0.1) is 0 Å². The van der Waals surface area contributed by atoms with Crippen LogP contribution in [0.2, 0.25) is 0 Å². The number of nitrogens with zero attached hydrogens (tertiary/aromatic N) is 3. The van der Waals surface area contributed by atoms with Crippen LogP contribution in [-0.4, -0.2) is 52.3 Å². The molecule has 0 spiro atoms. The van der Waals surface area contributed by atoms with Gasteiger partial charge in [-0.25, -0.2) is 0 Å². The van der Waals surface area contributed by atoms with Gasteiger partial charge < -0.3 is 15.0 Å². The Hall–Kier alpha value is -1.89. The zero-order valence-electron chi connectivity index (χ0n) is 18.4. The van der Waals surface area contributed by atoms with Crippen molar-refractivity contribution in [3.05, 3.63) is 18.0 Å². The van der Waals surface area contributed by atoms with Crippen molar-refractivity contribution in [1.82, 2.24) is 20.0 Å². The Kier molecular flexibility index (Phi) is 6.91. The maximum absolute atomic E-state index is 12.8. The van der Waals surface area contributed by atoms with Crippen molar-refractivity contribution in [2.45, 2.75) is 72.5 Å². The summed E-state index contributed by atoms with van der Waals surface area (Å²) < 4.78 is 6.97. The smallest absolute Gasteiger partial charge is 0.223 e. The van der Waals surface area contributed by atoms with Crippen LogP contribution >= 0.6 is 0 Å². The lowest BCUT2D eigenvalue weighted by Gasteiger charge is -2.38. The maximum Gasteiger partial charge on any atom is 0.223 e. The van der Waals surface area contributed by atoms with E-state index in [0.717, 1.165) is 5.56 Å². The fourth-order valence-corrected chi connectivity index (χ4v) is 3.83. The highest BCUT2D eigenvalue weighted by Crippen LogP contribution is 2.42. The molecule has 7 heteroatoms. The topological polar surface area (TPSA) is 76.5 Å². The molecule has 2 rings (SSSR count). The Balaban J connectivity index is 2.19. The number of nitrogens with one attached hydrogen (secondary N) is 1. The fraction of sp³-hybridized carbons (Fsp3) is 0.762. The van der Waals surface area contributed by atoms with Gasteiger partial charge in [0, 0.05) is 49.7 Å². The van der Waals surface area contributed by atoms with E-state index >= 15 is 0 Å². The molecule has 2 amide bonds. The molecule has 0 aromatic carbocycles. The normalized spacial score (nSPS) is 20.7. The number of carbonyl (C=O) groups excluding carboxylic acids is 2. The van der Waals surface area contributed by atoms with Crippen LogP contribution in [0.25, 0.3) is 0 Å². The molecular formula is C21H36N4O3. The van der Waals surface area contributed by atoms with Crippen LogP contribution in [0.4, 0.5) is 0 Å². The summed E-state index contributed by atoms with van der Waals surface area (Å²) in [5, 5.41) is 7.48. The van der Waals surface area contributed by atoms with Gasteiger partial charge in [0.25, 0.3) is 0 Å². The van der Waals surface area contributed by atoms with E-state index in [1.165, 1.54) is 0 Å². The van der Waals surface area contributed by atoms with Crippen LogP contribution in [0, 0.1) is 11.3 Å². The molecular weight excluding hydrogens is 356 g/mol. The first-order chi connectivity index (χ1) is 12.9. The summed E-state index contributed by atoms with van der Waals surface area (Å²) in [5.74, 6) is 0.177. The molecule has 2 atom stereocenters. The Labute approximate surface area is 168 Å². The Morgan fingerprint density at radius 3 is 2.54 bits per heavy atom. The van der Waals surface area contributed by atoms with Gasteiger partial charge in [0.15, 0.2) is 0 Å². The van der Waals surface area contributed by atoms with Crippen LogP contribution < -0.4 is 5.32 Å². The van der Waals surface area contributed by atoms with Gasteiger partial charge >= 0.3 is 0 Å². The number of carbonyl (C=O) groups is 2. The van der Waals surface area contributed by atoms with E-state index < -0.39 is 0 Å². The summed E-state index contributed by atoms with van der Waals surface area (Å²) >= 11 is 0. The third-order valence-corrected chi connectivity index (χ3v) is 4.92. The average molecular weight is 393 g/mol. The fourth-order valence-electron chi connectivity index (χ4n) is 3.83. The van der Waals surface area contributed by atoms with E-state index in [0.29, 0.717) is 32.5 Å². The molecule has 1 aliphatic heterocycles. The first kappa shape index (κ1) is 22.4. The minimum Gasteiger partial charge on any atom is -0.383 e. The molecule has 2 heterocycles. The summed E-state index contributed by atoms with van der Waals surface area (Å²) in [6, 6.07) is -0.0984. The van der Waals surface area contributed by atoms with Crippen molar-refractivity contribution in [3.63, 3.8) is 0 Å². The van der Waals surface area contributed by atoms with E-state index in [1.54, 1.807) is 7.11 Å². The van der Waals surface area contributed by atoms with Gasteiger partial charge in [-0.05, 0) is 26.2 Å². The van der Waals surface area contributed by atoms with E-state index in [2.05, 4.69) is 10.4 Å². The van der Waals surface area contributed by atoms with Crippen molar-refractivity contribution in [2.75, 3.05) is 20.3 Å². The van der Waals surface area contributed by atoms with Crippen LogP contribution in [0.1, 0.15) is 66.0 Å². The highest BCUT2D eigenvalue weighted by Gasteiger charge is 2.45. The van der Waals surface area contributed by atoms with Crippen molar-refractivity contribution >= 4 is 11.8 Å². The van der Waals surface area contributed by atoms with Crippen LogP contribution in [0.15, 0.2) is 12.4 Å². The molecule has 1 aromatic heterocycles. The largest absolute Gasteiger partial charge is 0.383 e. The molecule has 1 aliphatic rings. The van der Waals surface area contributed by atoms with E-state index in [1.807, 2.05) is 63.5 Å². The molecule has 0 radical (unpaired) electrons. The number of amides is 2. The average Bonchev–Trinajstić information content (AvgIpc) is 3.12. The molecule has 158 valence electrons. The number of hydrogen-bond acceptors (Lipinski definition) is 4. The highest BCUT2D eigenvalue weighted by atomic mass is 16.5. The Morgan fingerprint density at radius 1 is 1.29 bits per heavy atom. The van der Waals surface area contributed by atoms with Gasteiger partial charge in [0.1, 0.15) is 0 Å². The van der Waals surface area contributed by atoms with Gasteiger partial charge in [0.05, 0.1) is 25.4 Å². The number of ether oxygens (including phenoxy) is 1. The Morgan fingerprint density at radius 2 is 1.96 bits per heavy atom. The molecule has 1 N–H and O–H groups in total. The monoisotopic (exact) mass is 392 g/mol. The number of hydrogen-bond donors (Lipinski definition) is 1. The maximum atomic E-state index is 12.8. The SMILES string of the molecule is COCCn1cc([C@H]2[C@H](CNC(=O)CC(C)(C)C)CC(=O)N2C(C)(C)C)cn1. The van der Waals surface area contributed by atoms with E-state index in [4.69, 9.17) is 4.74 Å². The number of aromatic nitrogens is 2. The van der Waals surface area contributed by atoms with Gasteiger partial charge in [-0.3, -0.25) is 14.3 Å². The predicted octanol–water partition coefficient (Wildman–Crippen LogP) is 2.77. The zero-order valence-corrected chi connectivity index (χ0v) is 18.4. The second-order valence-electron chi connectivity index (χ2n) is 9.91. The van der Waals surface area contributed by atoms with Crippen LogP contribution in [-0.2, 0) is 20.9 Å².